The van der Waals surface area contributed by atoms with Gasteiger partial charge >= 0.3 is 0 Å². The van der Waals surface area contributed by atoms with Crippen LogP contribution in [0, 0.1) is 6.92 Å². The number of nitrogens with one attached hydrogen (secondary N) is 2. The van der Waals surface area contributed by atoms with Crippen LogP contribution in [0.3, 0.4) is 0 Å². The highest BCUT2D eigenvalue weighted by Gasteiger charge is 2.42. The highest BCUT2D eigenvalue weighted by molar-refractivity contribution is 8.15. The van der Waals surface area contributed by atoms with Gasteiger partial charge in [0.05, 0.1) is 17.5 Å². The lowest BCUT2D eigenvalue weighted by Crippen LogP contribution is -2.30. The number of hydrogen-bond donors (Lipinski definition) is 2. The Labute approximate surface area is 200 Å². The Morgan fingerprint density at radius 2 is 1.97 bits per heavy atom. The van der Waals surface area contributed by atoms with E-state index in [0.717, 1.165) is 35.9 Å². The van der Waals surface area contributed by atoms with Crippen molar-refractivity contribution in [2.24, 2.45) is 4.99 Å². The number of para-hydroxylation sites is 1. The van der Waals surface area contributed by atoms with Gasteiger partial charge in [0.2, 0.25) is 0 Å². The number of benzene rings is 2. The van der Waals surface area contributed by atoms with E-state index < -0.39 is 9.84 Å². The molecule has 176 valence electrons. The topological polar surface area (TPSA) is 90.9 Å². The van der Waals surface area contributed by atoms with E-state index in [1.807, 2.05) is 43.3 Å². The standard InChI is InChI=1S/C24H30N4O3S2/c1-3-28(19-8-5-4-6-9-19)13-7-12-25-23(29)18-11-10-17(2)20(14-18)26-24-27-21-15-33(30,31)16-22(21)32-24/h4-6,8-11,14,21-22H,3,7,12-13,15-16H2,1-2H3,(H,25,29)(H,26,27). The van der Waals surface area contributed by atoms with Crippen LogP contribution in [0.5, 0.6) is 0 Å². The summed E-state index contributed by atoms with van der Waals surface area (Å²) >= 11 is 1.48. The second-order valence-corrected chi connectivity index (χ2v) is 11.8. The molecule has 9 heteroatoms. The van der Waals surface area contributed by atoms with Gasteiger partial charge in [0, 0.05) is 41.8 Å². The highest BCUT2D eigenvalue weighted by atomic mass is 32.2. The summed E-state index contributed by atoms with van der Waals surface area (Å²) in [6.07, 6.45) is 0.852. The van der Waals surface area contributed by atoms with Gasteiger partial charge in [0.25, 0.3) is 5.91 Å². The normalized spacial score (nSPS) is 20.7. The number of hydrogen-bond acceptors (Lipinski definition) is 7. The van der Waals surface area contributed by atoms with Crippen molar-refractivity contribution >= 4 is 44.0 Å². The second kappa shape index (κ2) is 10.2. The molecule has 2 aromatic rings. The smallest absolute Gasteiger partial charge is 0.251 e. The van der Waals surface area contributed by atoms with Gasteiger partial charge in [-0.3, -0.25) is 9.79 Å². The lowest BCUT2D eigenvalue weighted by molar-refractivity contribution is 0.0953. The molecule has 2 N–H and O–H groups in total. The third kappa shape index (κ3) is 5.89. The molecule has 0 aromatic heterocycles. The predicted molar refractivity (Wildman–Crippen MR) is 137 cm³/mol. The van der Waals surface area contributed by atoms with E-state index >= 15 is 0 Å². The SMILES string of the molecule is CCN(CCCNC(=O)c1ccc(C)c(NC2=NC3CS(=O)(=O)CC3S2)c1)c1ccccc1. The summed E-state index contributed by atoms with van der Waals surface area (Å²) in [5.74, 6) is 0.194. The summed E-state index contributed by atoms with van der Waals surface area (Å²) in [5, 5.41) is 7.03. The first-order valence-electron chi connectivity index (χ1n) is 11.3. The fourth-order valence-electron chi connectivity index (χ4n) is 4.11. The minimum atomic E-state index is -2.97. The number of carbonyl (C=O) groups excluding carboxylic acids is 1. The summed E-state index contributed by atoms with van der Waals surface area (Å²) in [6, 6.07) is 15.7. The predicted octanol–water partition coefficient (Wildman–Crippen LogP) is 3.32. The van der Waals surface area contributed by atoms with E-state index in [1.54, 1.807) is 0 Å². The number of thioether (sulfide) groups is 1. The van der Waals surface area contributed by atoms with E-state index in [9.17, 15) is 13.2 Å². The number of nitrogens with zero attached hydrogens (tertiary/aromatic N) is 2. The average Bonchev–Trinajstić information content (AvgIpc) is 3.28. The summed E-state index contributed by atoms with van der Waals surface area (Å²) in [7, 11) is -2.97. The molecule has 0 radical (unpaired) electrons. The number of carbonyl (C=O) groups is 1. The number of sulfone groups is 1. The average molecular weight is 487 g/mol. The minimum Gasteiger partial charge on any atom is -0.372 e. The molecule has 1 saturated heterocycles. The Morgan fingerprint density at radius 1 is 1.18 bits per heavy atom. The second-order valence-electron chi connectivity index (χ2n) is 8.41. The molecule has 4 rings (SSSR count). The van der Waals surface area contributed by atoms with E-state index in [-0.39, 0.29) is 28.7 Å². The lowest BCUT2D eigenvalue weighted by atomic mass is 10.1. The summed E-state index contributed by atoms with van der Waals surface area (Å²) < 4.78 is 23.5. The van der Waals surface area contributed by atoms with Crippen molar-refractivity contribution in [3.63, 3.8) is 0 Å². The summed E-state index contributed by atoms with van der Waals surface area (Å²) in [5.41, 5.74) is 3.60. The first-order valence-corrected chi connectivity index (χ1v) is 14.0. The maximum absolute atomic E-state index is 12.7. The molecule has 2 aromatic carbocycles. The molecule has 0 bridgehead atoms. The van der Waals surface area contributed by atoms with Gasteiger partial charge in [0.1, 0.15) is 0 Å². The Bertz CT molecular complexity index is 1140. The Balaban J connectivity index is 1.30. The first-order chi connectivity index (χ1) is 15.8. The number of aryl methyl sites for hydroxylation is 1. The van der Waals surface area contributed by atoms with Crippen LogP contribution in [0.1, 0.15) is 29.3 Å². The van der Waals surface area contributed by atoms with Gasteiger partial charge in [-0.15, -0.1) is 0 Å². The third-order valence-corrected chi connectivity index (χ3v) is 9.09. The van der Waals surface area contributed by atoms with Gasteiger partial charge < -0.3 is 15.5 Å². The van der Waals surface area contributed by atoms with Crippen LogP contribution < -0.4 is 15.5 Å². The summed E-state index contributed by atoms with van der Waals surface area (Å²) in [4.78, 5) is 19.5. The molecule has 1 fully saturated rings. The number of anilines is 2. The molecule has 1 amide bonds. The molecule has 0 saturated carbocycles. The van der Waals surface area contributed by atoms with Crippen LogP contribution in [-0.4, -0.2) is 61.9 Å². The zero-order chi connectivity index (χ0) is 23.4. The van der Waals surface area contributed by atoms with E-state index in [0.29, 0.717) is 12.1 Å². The molecule has 2 aliphatic rings. The monoisotopic (exact) mass is 486 g/mol. The highest BCUT2D eigenvalue weighted by Crippen LogP contribution is 2.35. The fraction of sp³-hybridized carbons (Fsp3) is 0.417. The molecule has 0 spiro atoms. The van der Waals surface area contributed by atoms with Crippen LogP contribution in [0.25, 0.3) is 0 Å². The molecule has 33 heavy (non-hydrogen) atoms. The summed E-state index contributed by atoms with van der Waals surface area (Å²) in [6.45, 7) is 6.49. The van der Waals surface area contributed by atoms with E-state index in [2.05, 4.69) is 39.6 Å². The van der Waals surface area contributed by atoms with Crippen molar-refractivity contribution in [1.29, 1.82) is 0 Å². The van der Waals surface area contributed by atoms with Crippen LogP contribution in [0.2, 0.25) is 0 Å². The van der Waals surface area contributed by atoms with Crippen molar-refractivity contribution in [1.82, 2.24) is 5.32 Å². The van der Waals surface area contributed by atoms with Gasteiger partial charge in [-0.05, 0) is 50.1 Å². The van der Waals surface area contributed by atoms with Crippen LogP contribution >= 0.6 is 11.8 Å². The third-order valence-electron chi connectivity index (χ3n) is 5.95. The zero-order valence-corrected chi connectivity index (χ0v) is 20.6. The van der Waals surface area contributed by atoms with Gasteiger partial charge in [-0.2, -0.15) is 0 Å². The molecule has 2 aliphatic heterocycles. The molecule has 0 aliphatic carbocycles. The number of rotatable bonds is 8. The minimum absolute atomic E-state index is 0.0112. The molecule has 7 nitrogen and oxygen atoms in total. The van der Waals surface area contributed by atoms with Crippen molar-refractivity contribution in [3.8, 4) is 0 Å². The van der Waals surface area contributed by atoms with Crippen molar-refractivity contribution in [2.75, 3.05) is 41.4 Å². The van der Waals surface area contributed by atoms with Gasteiger partial charge in [-0.25, -0.2) is 8.42 Å². The number of amides is 1. The number of amidine groups is 1. The van der Waals surface area contributed by atoms with Crippen LogP contribution in [-0.2, 0) is 9.84 Å². The van der Waals surface area contributed by atoms with E-state index in [1.165, 1.54) is 17.4 Å². The van der Waals surface area contributed by atoms with Crippen LogP contribution in [0.15, 0.2) is 53.5 Å². The molecule has 2 atom stereocenters. The van der Waals surface area contributed by atoms with Gasteiger partial charge in [0.15, 0.2) is 15.0 Å². The quantitative estimate of drug-likeness (QED) is 0.557. The Hall–Kier alpha value is -2.52. The largest absolute Gasteiger partial charge is 0.372 e. The Morgan fingerprint density at radius 3 is 2.70 bits per heavy atom. The molecule has 2 heterocycles. The Kier molecular flexibility index (Phi) is 7.29. The maximum atomic E-state index is 12.7. The van der Waals surface area contributed by atoms with Gasteiger partial charge in [-0.1, -0.05) is 36.0 Å². The number of fused-ring (bicyclic) bond motifs is 1. The fourth-order valence-corrected chi connectivity index (χ4v) is 7.78. The maximum Gasteiger partial charge on any atom is 0.251 e. The lowest BCUT2D eigenvalue weighted by Gasteiger charge is -2.23. The first kappa shape index (κ1) is 23.6. The van der Waals surface area contributed by atoms with Crippen molar-refractivity contribution in [2.45, 2.75) is 31.6 Å². The van der Waals surface area contributed by atoms with E-state index in [4.69, 9.17) is 0 Å². The molecular formula is C24H30N4O3S2. The van der Waals surface area contributed by atoms with Crippen LogP contribution in [0.4, 0.5) is 11.4 Å². The van der Waals surface area contributed by atoms with Crippen molar-refractivity contribution < 1.29 is 13.2 Å². The van der Waals surface area contributed by atoms with Crippen molar-refractivity contribution in [3.05, 3.63) is 59.7 Å². The molecule has 2 unspecified atom stereocenters. The number of aliphatic imine (C=N–C) groups is 1. The zero-order valence-electron chi connectivity index (χ0n) is 19.0. The molecular weight excluding hydrogens is 456 g/mol.